The average molecular weight is 202 g/mol. The minimum atomic E-state index is -1.48. The SMILES string of the molecule is COC(=O)C1(CB(O)O)CCOCC1. The van der Waals surface area contributed by atoms with Crippen LogP contribution in [-0.4, -0.2) is 43.5 Å². The van der Waals surface area contributed by atoms with Gasteiger partial charge in [-0.3, -0.25) is 4.79 Å². The van der Waals surface area contributed by atoms with Crippen molar-refractivity contribution < 1.29 is 24.3 Å². The molecule has 0 aromatic heterocycles. The fourth-order valence-corrected chi connectivity index (χ4v) is 1.82. The molecule has 0 bridgehead atoms. The molecule has 5 nitrogen and oxygen atoms in total. The quantitative estimate of drug-likeness (QED) is 0.473. The van der Waals surface area contributed by atoms with Gasteiger partial charge in [-0.25, -0.2) is 0 Å². The lowest BCUT2D eigenvalue weighted by atomic mass is 9.64. The maximum atomic E-state index is 11.5. The van der Waals surface area contributed by atoms with Crippen molar-refractivity contribution in [3.8, 4) is 0 Å². The van der Waals surface area contributed by atoms with Crippen LogP contribution in [0.1, 0.15) is 12.8 Å². The van der Waals surface area contributed by atoms with Crippen LogP contribution in [0.5, 0.6) is 0 Å². The van der Waals surface area contributed by atoms with E-state index in [1.807, 2.05) is 0 Å². The molecule has 80 valence electrons. The molecule has 0 aromatic rings. The van der Waals surface area contributed by atoms with E-state index in [1.165, 1.54) is 7.11 Å². The number of esters is 1. The summed E-state index contributed by atoms with van der Waals surface area (Å²) in [6.45, 7) is 0.920. The number of carbonyl (C=O) groups is 1. The fourth-order valence-electron chi connectivity index (χ4n) is 1.82. The molecule has 1 fully saturated rings. The van der Waals surface area contributed by atoms with Gasteiger partial charge < -0.3 is 19.5 Å². The molecule has 0 amide bonds. The topological polar surface area (TPSA) is 76.0 Å². The standard InChI is InChI=1S/C8H15BO5/c1-13-7(10)8(6-9(11)12)2-4-14-5-3-8/h11-12H,2-6H2,1H3. The molecule has 1 rings (SSSR count). The van der Waals surface area contributed by atoms with Gasteiger partial charge in [-0.05, 0) is 19.2 Å². The Hall–Kier alpha value is -0.585. The van der Waals surface area contributed by atoms with E-state index in [9.17, 15) is 4.79 Å². The highest BCUT2D eigenvalue weighted by molar-refractivity contribution is 6.41. The first-order valence-electron chi connectivity index (χ1n) is 4.63. The van der Waals surface area contributed by atoms with Crippen molar-refractivity contribution in [2.24, 2.45) is 5.41 Å². The van der Waals surface area contributed by atoms with Gasteiger partial charge >= 0.3 is 13.1 Å². The number of rotatable bonds is 3. The second-order valence-corrected chi connectivity index (χ2v) is 3.57. The lowest BCUT2D eigenvalue weighted by molar-refractivity contribution is -0.157. The van der Waals surface area contributed by atoms with Gasteiger partial charge in [0.2, 0.25) is 0 Å². The number of methoxy groups -OCH3 is 1. The summed E-state index contributed by atoms with van der Waals surface area (Å²) in [5, 5.41) is 17.8. The zero-order valence-corrected chi connectivity index (χ0v) is 8.23. The summed E-state index contributed by atoms with van der Waals surface area (Å²) in [5.74, 6) is -0.381. The predicted molar refractivity (Wildman–Crippen MR) is 49.5 cm³/mol. The lowest BCUT2D eigenvalue weighted by Crippen LogP contribution is -2.41. The van der Waals surface area contributed by atoms with Crippen LogP contribution >= 0.6 is 0 Å². The molecule has 2 N–H and O–H groups in total. The average Bonchev–Trinajstić information content (AvgIpc) is 2.17. The number of carbonyl (C=O) groups excluding carboxylic acids is 1. The predicted octanol–water partition coefficient (Wildman–Crippen LogP) is -0.571. The van der Waals surface area contributed by atoms with Crippen molar-refractivity contribution >= 4 is 13.1 Å². The highest BCUT2D eigenvalue weighted by Crippen LogP contribution is 2.36. The number of ether oxygens (including phenoxy) is 2. The summed E-state index contributed by atoms with van der Waals surface area (Å²) in [6.07, 6.45) is 0.984. The maximum Gasteiger partial charge on any atom is 0.452 e. The molecule has 0 saturated carbocycles. The highest BCUT2D eigenvalue weighted by Gasteiger charge is 2.43. The van der Waals surface area contributed by atoms with E-state index in [0.717, 1.165) is 0 Å². The van der Waals surface area contributed by atoms with E-state index >= 15 is 0 Å². The summed E-state index contributed by atoms with van der Waals surface area (Å²) in [5.41, 5.74) is -0.777. The maximum absolute atomic E-state index is 11.5. The van der Waals surface area contributed by atoms with Crippen LogP contribution in [0.2, 0.25) is 6.32 Å². The number of hydrogen-bond donors (Lipinski definition) is 2. The van der Waals surface area contributed by atoms with E-state index in [4.69, 9.17) is 14.8 Å². The Labute approximate surface area is 83.2 Å². The number of hydrogen-bond acceptors (Lipinski definition) is 5. The van der Waals surface area contributed by atoms with Gasteiger partial charge in [0, 0.05) is 13.2 Å². The molecule has 0 aromatic carbocycles. The van der Waals surface area contributed by atoms with Crippen molar-refractivity contribution in [2.75, 3.05) is 20.3 Å². The van der Waals surface area contributed by atoms with Crippen LogP contribution in [0.25, 0.3) is 0 Å². The Morgan fingerprint density at radius 2 is 2.07 bits per heavy atom. The molecule has 1 aliphatic heterocycles. The molecule has 1 aliphatic rings. The van der Waals surface area contributed by atoms with E-state index in [-0.39, 0.29) is 12.3 Å². The summed E-state index contributed by atoms with van der Waals surface area (Å²) >= 11 is 0. The zero-order valence-electron chi connectivity index (χ0n) is 8.23. The van der Waals surface area contributed by atoms with Crippen molar-refractivity contribution in [3.05, 3.63) is 0 Å². The normalized spacial score (nSPS) is 20.2. The van der Waals surface area contributed by atoms with Crippen LogP contribution in [0.15, 0.2) is 0 Å². The first-order chi connectivity index (χ1) is 6.60. The van der Waals surface area contributed by atoms with E-state index in [0.29, 0.717) is 26.1 Å². The molecule has 0 aliphatic carbocycles. The first kappa shape index (κ1) is 11.5. The molecule has 14 heavy (non-hydrogen) atoms. The molecule has 0 atom stereocenters. The monoisotopic (exact) mass is 202 g/mol. The van der Waals surface area contributed by atoms with Gasteiger partial charge in [0.05, 0.1) is 12.5 Å². The van der Waals surface area contributed by atoms with Crippen LogP contribution < -0.4 is 0 Å². The Kier molecular flexibility index (Phi) is 3.91. The first-order valence-corrected chi connectivity index (χ1v) is 4.63. The highest BCUT2D eigenvalue weighted by atomic mass is 16.5. The molecule has 6 heteroatoms. The van der Waals surface area contributed by atoms with E-state index < -0.39 is 12.5 Å². The Balaban J connectivity index is 2.71. The van der Waals surface area contributed by atoms with Crippen LogP contribution in [0.3, 0.4) is 0 Å². The van der Waals surface area contributed by atoms with Crippen molar-refractivity contribution in [1.29, 1.82) is 0 Å². The molecule has 0 radical (unpaired) electrons. The van der Waals surface area contributed by atoms with Gasteiger partial charge in [0.1, 0.15) is 0 Å². The summed E-state index contributed by atoms with van der Waals surface area (Å²) < 4.78 is 9.81. The van der Waals surface area contributed by atoms with Gasteiger partial charge in [-0.2, -0.15) is 0 Å². The minimum Gasteiger partial charge on any atom is -0.469 e. The largest absolute Gasteiger partial charge is 0.469 e. The second-order valence-electron chi connectivity index (χ2n) is 3.57. The van der Waals surface area contributed by atoms with Gasteiger partial charge in [0.25, 0.3) is 0 Å². The van der Waals surface area contributed by atoms with Crippen LogP contribution in [0, 0.1) is 5.41 Å². The summed E-state index contributed by atoms with van der Waals surface area (Å²) in [6, 6.07) is 0. The van der Waals surface area contributed by atoms with Crippen molar-refractivity contribution in [1.82, 2.24) is 0 Å². The molecule has 0 spiro atoms. The third-order valence-electron chi connectivity index (χ3n) is 2.64. The Morgan fingerprint density at radius 3 is 2.50 bits per heavy atom. The Morgan fingerprint density at radius 1 is 1.50 bits per heavy atom. The van der Waals surface area contributed by atoms with Gasteiger partial charge in [0.15, 0.2) is 0 Å². The van der Waals surface area contributed by atoms with Crippen molar-refractivity contribution in [2.45, 2.75) is 19.2 Å². The molecule has 0 unspecified atom stereocenters. The van der Waals surface area contributed by atoms with Crippen LogP contribution in [-0.2, 0) is 14.3 Å². The van der Waals surface area contributed by atoms with E-state index in [1.54, 1.807) is 0 Å². The second kappa shape index (κ2) is 4.77. The lowest BCUT2D eigenvalue weighted by Gasteiger charge is -2.34. The van der Waals surface area contributed by atoms with Crippen LogP contribution in [0.4, 0.5) is 0 Å². The molecule has 1 heterocycles. The molecular formula is C8H15BO5. The molecule has 1 saturated heterocycles. The third-order valence-corrected chi connectivity index (χ3v) is 2.64. The van der Waals surface area contributed by atoms with Gasteiger partial charge in [-0.1, -0.05) is 0 Å². The minimum absolute atomic E-state index is 0.0169. The molecular weight excluding hydrogens is 187 g/mol. The third kappa shape index (κ3) is 2.46. The van der Waals surface area contributed by atoms with Gasteiger partial charge in [-0.15, -0.1) is 0 Å². The Bertz CT molecular complexity index is 200. The van der Waals surface area contributed by atoms with E-state index in [2.05, 4.69) is 4.74 Å². The van der Waals surface area contributed by atoms with Crippen molar-refractivity contribution in [3.63, 3.8) is 0 Å². The smallest absolute Gasteiger partial charge is 0.452 e. The fraction of sp³-hybridized carbons (Fsp3) is 0.875. The summed E-state index contributed by atoms with van der Waals surface area (Å²) in [4.78, 5) is 11.5. The zero-order chi connectivity index (χ0) is 10.6. The summed E-state index contributed by atoms with van der Waals surface area (Å²) in [7, 11) is -0.171.